The number of carbonyl (C=O) groups is 3. The second-order valence-corrected chi connectivity index (χ2v) is 18.5. The fourth-order valence-corrected chi connectivity index (χ4v) is 8.08. The third-order valence-electron chi connectivity index (χ3n) is 10.3. The van der Waals surface area contributed by atoms with Gasteiger partial charge in [-0.15, -0.1) is 0 Å². The van der Waals surface area contributed by atoms with E-state index in [9.17, 15) is 24.6 Å². The van der Waals surface area contributed by atoms with Gasteiger partial charge in [0.15, 0.2) is 25.5 Å². The molecule has 4 aliphatic rings. The Morgan fingerprint density at radius 1 is 1.17 bits per heavy atom. The standard InChI is InChI=1S/C28H42O7Si/c1-15-11-20-26(32,22(15)30)13-18(14-34-36(9,10)24(4,5)6)12-19-21-25(7,8)28(21,35-17(3)29)23(31)16(2)27(19,20)33/h11-12,16,19-21,32-33H,13-14H2,1-10H3/t16-,19+,20-,21-,26-,27-,28-/m1/s1. The Morgan fingerprint density at radius 3 is 2.28 bits per heavy atom. The lowest BCUT2D eigenvalue weighted by Gasteiger charge is -2.49. The van der Waals surface area contributed by atoms with Gasteiger partial charge in [-0.2, -0.15) is 0 Å². The van der Waals surface area contributed by atoms with Crippen LogP contribution in [0.2, 0.25) is 18.1 Å². The van der Waals surface area contributed by atoms with Crippen molar-refractivity contribution in [2.24, 2.45) is 29.1 Å². The number of hydrogen-bond acceptors (Lipinski definition) is 7. The van der Waals surface area contributed by atoms with Crippen molar-refractivity contribution >= 4 is 25.9 Å². The highest BCUT2D eigenvalue weighted by Crippen LogP contribution is 2.75. The van der Waals surface area contributed by atoms with Gasteiger partial charge in [-0.25, -0.2) is 0 Å². The zero-order chi connectivity index (χ0) is 27.4. The SMILES string of the molecule is CC(=O)O[C@@]12C(=O)[C@@H](C)[C@@]3(O)[C@@H](C=C(CO[Si](C)(C)C(C)(C)C)C[C@]4(O)C(=O)C(C)=C[C@@H]34)[C@@H]1C2(C)C. The lowest BCUT2D eigenvalue weighted by molar-refractivity contribution is -0.190. The maximum atomic E-state index is 13.9. The van der Waals surface area contributed by atoms with Crippen molar-refractivity contribution in [3.8, 4) is 0 Å². The molecule has 0 aliphatic heterocycles. The van der Waals surface area contributed by atoms with Crippen LogP contribution < -0.4 is 0 Å². The number of aliphatic hydroxyl groups is 2. The molecule has 2 fully saturated rings. The monoisotopic (exact) mass is 518 g/mol. The van der Waals surface area contributed by atoms with Crippen molar-refractivity contribution in [2.45, 2.75) is 96.7 Å². The summed E-state index contributed by atoms with van der Waals surface area (Å²) >= 11 is 0. The maximum absolute atomic E-state index is 13.9. The van der Waals surface area contributed by atoms with Gasteiger partial charge in [0, 0.05) is 42.4 Å². The average Bonchev–Trinajstić information content (AvgIpc) is 3.16. The van der Waals surface area contributed by atoms with Crippen LogP contribution in [0, 0.1) is 29.1 Å². The summed E-state index contributed by atoms with van der Waals surface area (Å²) in [5.41, 5.74) is -4.55. The summed E-state index contributed by atoms with van der Waals surface area (Å²) in [6.07, 6.45) is 3.58. The molecule has 0 spiro atoms. The van der Waals surface area contributed by atoms with Crippen LogP contribution in [0.25, 0.3) is 0 Å². The van der Waals surface area contributed by atoms with E-state index in [1.54, 1.807) is 19.9 Å². The minimum Gasteiger partial charge on any atom is -0.450 e. The molecular weight excluding hydrogens is 476 g/mol. The molecule has 36 heavy (non-hydrogen) atoms. The van der Waals surface area contributed by atoms with E-state index in [0.717, 1.165) is 5.57 Å². The second kappa shape index (κ2) is 7.71. The third-order valence-corrected chi connectivity index (χ3v) is 14.7. The van der Waals surface area contributed by atoms with Gasteiger partial charge in [-0.1, -0.05) is 53.7 Å². The average molecular weight is 519 g/mol. The number of fused-ring (bicyclic) bond motifs is 5. The number of ketones is 2. The number of rotatable bonds is 4. The van der Waals surface area contributed by atoms with Crippen LogP contribution in [0.3, 0.4) is 0 Å². The number of carbonyl (C=O) groups excluding carboxylic acids is 3. The summed E-state index contributed by atoms with van der Waals surface area (Å²) in [6, 6.07) is 0. The van der Waals surface area contributed by atoms with Gasteiger partial charge in [0.1, 0.15) is 5.60 Å². The summed E-state index contributed by atoms with van der Waals surface area (Å²) in [6.45, 7) is 19.3. The highest BCUT2D eigenvalue weighted by molar-refractivity contribution is 6.74. The normalized spacial score (nSPS) is 41.4. The van der Waals surface area contributed by atoms with E-state index in [1.165, 1.54) is 6.92 Å². The largest absolute Gasteiger partial charge is 0.450 e. The molecule has 7 nitrogen and oxygen atoms in total. The van der Waals surface area contributed by atoms with Crippen molar-refractivity contribution in [1.82, 2.24) is 0 Å². The molecule has 0 aromatic carbocycles. The van der Waals surface area contributed by atoms with E-state index in [2.05, 4.69) is 33.9 Å². The molecule has 2 saturated carbocycles. The quantitative estimate of drug-likeness (QED) is 0.331. The number of Topliss-reactive ketones (excluding diaryl/α,β-unsaturated/α-hetero) is 2. The summed E-state index contributed by atoms with van der Waals surface area (Å²) in [5, 5.41) is 24.3. The molecule has 0 heterocycles. The first-order chi connectivity index (χ1) is 16.2. The lowest BCUT2D eigenvalue weighted by atomic mass is 9.59. The van der Waals surface area contributed by atoms with Gasteiger partial charge in [0.05, 0.1) is 12.2 Å². The number of ether oxygens (including phenoxy) is 1. The van der Waals surface area contributed by atoms with Crippen LogP contribution in [-0.4, -0.2) is 59.5 Å². The Labute approximate surface area is 215 Å². The first kappa shape index (κ1) is 27.4. The molecule has 8 heteroatoms. The van der Waals surface area contributed by atoms with Crippen LogP contribution in [0.4, 0.5) is 0 Å². The number of esters is 1. The van der Waals surface area contributed by atoms with Crippen LogP contribution in [0.1, 0.15) is 61.8 Å². The maximum Gasteiger partial charge on any atom is 0.303 e. The van der Waals surface area contributed by atoms with E-state index in [0.29, 0.717) is 5.57 Å². The molecule has 2 N–H and O–H groups in total. The first-order valence-electron chi connectivity index (χ1n) is 12.9. The Balaban J connectivity index is 1.87. The predicted octanol–water partition coefficient (Wildman–Crippen LogP) is 3.74. The smallest absolute Gasteiger partial charge is 0.303 e. The molecule has 4 aliphatic carbocycles. The number of hydrogen-bond donors (Lipinski definition) is 2. The molecule has 0 aromatic heterocycles. The molecule has 0 radical (unpaired) electrons. The van der Waals surface area contributed by atoms with Crippen molar-refractivity contribution in [3.63, 3.8) is 0 Å². The van der Waals surface area contributed by atoms with Crippen LogP contribution in [0.15, 0.2) is 23.3 Å². The summed E-state index contributed by atoms with van der Waals surface area (Å²) in [4.78, 5) is 39.3. The molecule has 200 valence electrons. The van der Waals surface area contributed by atoms with Gasteiger partial charge in [0.25, 0.3) is 0 Å². The summed E-state index contributed by atoms with van der Waals surface area (Å²) < 4.78 is 12.3. The molecule has 0 bridgehead atoms. The first-order valence-corrected chi connectivity index (χ1v) is 15.9. The highest BCUT2D eigenvalue weighted by atomic mass is 28.4. The fourth-order valence-electron chi connectivity index (χ4n) is 7.10. The highest BCUT2D eigenvalue weighted by Gasteiger charge is 2.87. The van der Waals surface area contributed by atoms with E-state index in [1.807, 2.05) is 19.9 Å². The van der Waals surface area contributed by atoms with Crippen molar-refractivity contribution < 1.29 is 33.8 Å². The minimum absolute atomic E-state index is 0.0202. The minimum atomic E-state index is -2.16. The molecule has 0 saturated heterocycles. The summed E-state index contributed by atoms with van der Waals surface area (Å²) in [7, 11) is -2.16. The van der Waals surface area contributed by atoms with Gasteiger partial charge >= 0.3 is 5.97 Å². The second-order valence-electron chi connectivity index (χ2n) is 13.7. The molecule has 0 amide bonds. The molecule has 0 unspecified atom stereocenters. The molecule has 4 rings (SSSR count). The van der Waals surface area contributed by atoms with Crippen LogP contribution in [0.5, 0.6) is 0 Å². The summed E-state index contributed by atoms with van der Waals surface area (Å²) in [5.74, 6) is -4.36. The lowest BCUT2D eigenvalue weighted by Crippen LogP contribution is -2.64. The van der Waals surface area contributed by atoms with E-state index >= 15 is 0 Å². The Kier molecular flexibility index (Phi) is 5.87. The van der Waals surface area contributed by atoms with Crippen LogP contribution in [-0.2, 0) is 23.5 Å². The van der Waals surface area contributed by atoms with Crippen molar-refractivity contribution in [2.75, 3.05) is 6.61 Å². The van der Waals surface area contributed by atoms with E-state index in [4.69, 9.17) is 9.16 Å². The Hall–Kier alpha value is -1.61. The van der Waals surface area contributed by atoms with Crippen molar-refractivity contribution in [1.29, 1.82) is 0 Å². The van der Waals surface area contributed by atoms with E-state index < -0.39 is 66.0 Å². The Bertz CT molecular complexity index is 1100. The molecular formula is C28H42O7Si. The van der Waals surface area contributed by atoms with Gasteiger partial charge < -0.3 is 19.4 Å². The van der Waals surface area contributed by atoms with Gasteiger partial charge in [0.2, 0.25) is 0 Å². The van der Waals surface area contributed by atoms with Crippen LogP contribution >= 0.6 is 0 Å². The van der Waals surface area contributed by atoms with Gasteiger partial charge in [-0.05, 0) is 36.2 Å². The fraction of sp³-hybridized carbons (Fsp3) is 0.750. The van der Waals surface area contributed by atoms with Crippen molar-refractivity contribution in [3.05, 3.63) is 23.3 Å². The topological polar surface area (TPSA) is 110 Å². The zero-order valence-electron chi connectivity index (χ0n) is 23.3. The van der Waals surface area contributed by atoms with Gasteiger partial charge in [-0.3, -0.25) is 14.4 Å². The predicted molar refractivity (Wildman–Crippen MR) is 137 cm³/mol. The Morgan fingerprint density at radius 2 is 1.75 bits per heavy atom. The third kappa shape index (κ3) is 3.30. The zero-order valence-corrected chi connectivity index (χ0v) is 24.3. The van der Waals surface area contributed by atoms with E-state index in [-0.39, 0.29) is 23.8 Å². The molecule has 0 aromatic rings. The molecule has 7 atom stereocenters.